The van der Waals surface area contributed by atoms with E-state index < -0.39 is 0 Å². The van der Waals surface area contributed by atoms with E-state index in [4.69, 9.17) is 10.5 Å². The number of hydrogen-bond acceptors (Lipinski definition) is 4. The first-order chi connectivity index (χ1) is 8.15. The number of nitrogens with two attached hydrogens (primary N) is 1. The fraction of sp³-hybridized carbons (Fsp3) is 0.333. The first-order valence-corrected chi connectivity index (χ1v) is 5.48. The van der Waals surface area contributed by atoms with E-state index >= 15 is 0 Å². The van der Waals surface area contributed by atoms with Crippen molar-refractivity contribution >= 4 is 5.82 Å². The average Bonchev–Trinajstić information content (AvgIpc) is 2.68. The molecule has 0 fully saturated rings. The summed E-state index contributed by atoms with van der Waals surface area (Å²) in [5.41, 5.74) is 7.79. The summed E-state index contributed by atoms with van der Waals surface area (Å²) in [6.45, 7) is 2.47. The van der Waals surface area contributed by atoms with Gasteiger partial charge in [0.1, 0.15) is 0 Å². The third kappa shape index (κ3) is 2.96. The fourth-order valence-corrected chi connectivity index (χ4v) is 1.57. The average molecular weight is 232 g/mol. The number of ether oxygens (including phenoxy) is 1. The molecule has 2 aromatic heterocycles. The van der Waals surface area contributed by atoms with Crippen LogP contribution in [0.5, 0.6) is 5.75 Å². The Morgan fingerprint density at radius 2 is 2.24 bits per heavy atom. The van der Waals surface area contributed by atoms with Gasteiger partial charge in [-0.25, -0.2) is 4.98 Å². The van der Waals surface area contributed by atoms with Gasteiger partial charge in [0.15, 0.2) is 11.6 Å². The molecule has 90 valence electrons. The Balaban J connectivity index is 1.90. The van der Waals surface area contributed by atoms with Gasteiger partial charge in [-0.1, -0.05) is 0 Å². The van der Waals surface area contributed by atoms with Gasteiger partial charge < -0.3 is 10.5 Å². The van der Waals surface area contributed by atoms with Gasteiger partial charge in [-0.05, 0) is 24.6 Å². The molecule has 0 aliphatic carbocycles. The summed E-state index contributed by atoms with van der Waals surface area (Å²) >= 11 is 0. The molecular formula is C12H16N4O. The van der Waals surface area contributed by atoms with E-state index in [1.165, 1.54) is 0 Å². The third-order valence-electron chi connectivity index (χ3n) is 2.43. The van der Waals surface area contributed by atoms with Crippen molar-refractivity contribution in [1.82, 2.24) is 14.8 Å². The van der Waals surface area contributed by atoms with Crippen molar-refractivity contribution in [3.63, 3.8) is 0 Å². The molecule has 0 saturated heterocycles. The molecule has 0 radical (unpaired) electrons. The highest BCUT2D eigenvalue weighted by Crippen LogP contribution is 2.18. The number of aryl methyl sites for hydroxylation is 2. The normalized spacial score (nSPS) is 10.5. The van der Waals surface area contributed by atoms with Crippen molar-refractivity contribution in [1.29, 1.82) is 0 Å². The first kappa shape index (κ1) is 11.4. The molecule has 2 heterocycles. The zero-order chi connectivity index (χ0) is 12.3. The smallest absolute Gasteiger partial charge is 0.166 e. The maximum absolute atomic E-state index is 5.75. The van der Waals surface area contributed by atoms with Crippen molar-refractivity contribution in [2.45, 2.75) is 13.3 Å². The van der Waals surface area contributed by atoms with E-state index in [-0.39, 0.29) is 0 Å². The summed E-state index contributed by atoms with van der Waals surface area (Å²) in [6, 6.07) is 3.73. The number of nitrogen functional groups attached to an aromatic ring is 1. The minimum Gasteiger partial charge on any atom is -0.489 e. The van der Waals surface area contributed by atoms with Crippen LogP contribution in [-0.2, 0) is 13.5 Å². The number of rotatable bonds is 4. The summed E-state index contributed by atoms with van der Waals surface area (Å²) in [4.78, 5) is 4.14. The number of anilines is 1. The van der Waals surface area contributed by atoms with Crippen molar-refractivity contribution in [3.05, 3.63) is 35.8 Å². The summed E-state index contributed by atoms with van der Waals surface area (Å²) in [7, 11) is 1.90. The Kier molecular flexibility index (Phi) is 3.27. The van der Waals surface area contributed by atoms with Crippen LogP contribution in [0.4, 0.5) is 5.82 Å². The molecule has 2 rings (SSSR count). The SMILES string of the molecule is Cc1ccc(OCCc2cnn(C)c2)c(N)n1. The fourth-order valence-electron chi connectivity index (χ4n) is 1.57. The van der Waals surface area contributed by atoms with Crippen molar-refractivity contribution < 1.29 is 4.74 Å². The van der Waals surface area contributed by atoms with Gasteiger partial charge >= 0.3 is 0 Å². The second kappa shape index (κ2) is 4.86. The number of pyridine rings is 1. The largest absolute Gasteiger partial charge is 0.489 e. The Bertz CT molecular complexity index is 507. The molecule has 5 nitrogen and oxygen atoms in total. The van der Waals surface area contributed by atoms with Crippen molar-refractivity contribution in [3.8, 4) is 5.75 Å². The molecule has 2 N–H and O–H groups in total. The first-order valence-electron chi connectivity index (χ1n) is 5.48. The molecule has 0 atom stereocenters. The lowest BCUT2D eigenvalue weighted by atomic mass is 10.3. The topological polar surface area (TPSA) is 66.0 Å². The maximum atomic E-state index is 5.75. The molecule has 17 heavy (non-hydrogen) atoms. The van der Waals surface area contributed by atoms with E-state index in [1.807, 2.05) is 38.5 Å². The van der Waals surface area contributed by atoms with Gasteiger partial charge in [-0.2, -0.15) is 5.10 Å². The Morgan fingerprint density at radius 3 is 2.88 bits per heavy atom. The van der Waals surface area contributed by atoms with Crippen LogP contribution >= 0.6 is 0 Å². The molecule has 0 aliphatic rings. The van der Waals surface area contributed by atoms with Crippen LogP contribution in [0.3, 0.4) is 0 Å². The molecule has 5 heteroatoms. The third-order valence-corrected chi connectivity index (χ3v) is 2.43. The molecular weight excluding hydrogens is 216 g/mol. The van der Waals surface area contributed by atoms with Gasteiger partial charge in [0.05, 0.1) is 12.8 Å². The van der Waals surface area contributed by atoms with Crippen molar-refractivity contribution in [2.75, 3.05) is 12.3 Å². The van der Waals surface area contributed by atoms with Gasteiger partial charge in [0.25, 0.3) is 0 Å². The molecule has 2 aromatic rings. The zero-order valence-corrected chi connectivity index (χ0v) is 10.1. The number of nitrogens with zero attached hydrogens (tertiary/aromatic N) is 3. The van der Waals surface area contributed by atoms with Crippen LogP contribution in [0.2, 0.25) is 0 Å². The summed E-state index contributed by atoms with van der Waals surface area (Å²) in [5.74, 6) is 1.08. The van der Waals surface area contributed by atoms with Gasteiger partial charge in [0.2, 0.25) is 0 Å². The number of hydrogen-bond donors (Lipinski definition) is 1. The van der Waals surface area contributed by atoms with Crippen LogP contribution in [-0.4, -0.2) is 21.4 Å². The molecule has 0 unspecified atom stereocenters. The highest BCUT2D eigenvalue weighted by atomic mass is 16.5. The highest BCUT2D eigenvalue weighted by molar-refractivity contribution is 5.46. The monoisotopic (exact) mass is 232 g/mol. The second-order valence-corrected chi connectivity index (χ2v) is 3.96. The lowest BCUT2D eigenvalue weighted by Crippen LogP contribution is -2.04. The molecule has 0 spiro atoms. The van der Waals surface area contributed by atoms with E-state index in [0.29, 0.717) is 18.2 Å². The van der Waals surface area contributed by atoms with Crippen LogP contribution in [0.15, 0.2) is 24.5 Å². The summed E-state index contributed by atoms with van der Waals surface area (Å²) in [6.07, 6.45) is 4.61. The van der Waals surface area contributed by atoms with E-state index in [9.17, 15) is 0 Å². The van der Waals surface area contributed by atoms with Crippen LogP contribution in [0.25, 0.3) is 0 Å². The number of aromatic nitrogens is 3. The highest BCUT2D eigenvalue weighted by Gasteiger charge is 2.02. The van der Waals surface area contributed by atoms with Crippen LogP contribution in [0, 0.1) is 6.92 Å². The lowest BCUT2D eigenvalue weighted by Gasteiger charge is -2.07. The van der Waals surface area contributed by atoms with Gasteiger partial charge in [-0.3, -0.25) is 4.68 Å². The summed E-state index contributed by atoms with van der Waals surface area (Å²) in [5, 5.41) is 4.10. The molecule has 0 aliphatic heterocycles. The molecule has 0 amide bonds. The second-order valence-electron chi connectivity index (χ2n) is 3.96. The van der Waals surface area contributed by atoms with Crippen molar-refractivity contribution in [2.24, 2.45) is 7.05 Å². The quantitative estimate of drug-likeness (QED) is 0.863. The predicted molar refractivity (Wildman–Crippen MR) is 65.8 cm³/mol. The Morgan fingerprint density at radius 1 is 1.41 bits per heavy atom. The Hall–Kier alpha value is -2.04. The molecule has 0 bridgehead atoms. The summed E-state index contributed by atoms with van der Waals surface area (Å²) < 4.78 is 7.36. The molecule has 0 saturated carbocycles. The van der Waals surface area contributed by atoms with E-state index in [2.05, 4.69) is 10.1 Å². The van der Waals surface area contributed by atoms with Crippen LogP contribution < -0.4 is 10.5 Å². The zero-order valence-electron chi connectivity index (χ0n) is 10.1. The van der Waals surface area contributed by atoms with E-state index in [1.54, 1.807) is 4.68 Å². The standard InChI is InChI=1S/C12H16N4O/c1-9-3-4-11(12(13)15-9)17-6-5-10-7-14-16(2)8-10/h3-4,7-8H,5-6H2,1-2H3,(H2,13,15). The van der Waals surface area contributed by atoms with Gasteiger partial charge in [0, 0.05) is 25.4 Å². The predicted octanol–water partition coefficient (Wildman–Crippen LogP) is 1.33. The molecule has 0 aromatic carbocycles. The van der Waals surface area contributed by atoms with E-state index in [0.717, 1.165) is 17.7 Å². The minimum absolute atomic E-state index is 0.441. The van der Waals surface area contributed by atoms with Crippen LogP contribution in [0.1, 0.15) is 11.3 Å². The minimum atomic E-state index is 0.441. The maximum Gasteiger partial charge on any atom is 0.166 e. The lowest BCUT2D eigenvalue weighted by molar-refractivity contribution is 0.322. The Labute approximate surface area is 100 Å². The van der Waals surface area contributed by atoms with Gasteiger partial charge in [-0.15, -0.1) is 0 Å².